The first kappa shape index (κ1) is 22.3. The smallest absolute Gasteiger partial charge is 0.322 e. The standard InChI is InChI=1S/C24H25N5O4S/c1-14-8-10-24(11-9-14)22(32)29(23(33)26-24)27-17(30)12-28-13-25-20-18(21(28)31)15(2)19(34-20)16-6-4-3-5-7-16/h3-7,13-14H,8-12H2,1-2H3,(H,26,33)(H,27,30). The van der Waals surface area contributed by atoms with E-state index in [0.29, 0.717) is 29.0 Å². The first-order chi connectivity index (χ1) is 16.3. The van der Waals surface area contributed by atoms with Gasteiger partial charge < -0.3 is 5.32 Å². The molecule has 2 fully saturated rings. The third-order valence-electron chi connectivity index (χ3n) is 6.79. The van der Waals surface area contributed by atoms with Gasteiger partial charge in [0.05, 0.1) is 11.7 Å². The number of urea groups is 1. The first-order valence-electron chi connectivity index (χ1n) is 11.3. The molecule has 9 nitrogen and oxygen atoms in total. The fourth-order valence-electron chi connectivity index (χ4n) is 4.77. The Hall–Kier alpha value is -3.53. The van der Waals surface area contributed by atoms with Crippen LogP contribution in [0.2, 0.25) is 0 Å². The van der Waals surface area contributed by atoms with E-state index >= 15 is 0 Å². The van der Waals surface area contributed by atoms with Crippen molar-refractivity contribution in [2.24, 2.45) is 5.92 Å². The lowest BCUT2D eigenvalue weighted by atomic mass is 9.77. The Morgan fingerprint density at radius 3 is 2.62 bits per heavy atom. The Morgan fingerprint density at radius 1 is 1.21 bits per heavy atom. The molecule has 1 spiro atoms. The van der Waals surface area contributed by atoms with Crippen LogP contribution in [0.4, 0.5) is 4.79 Å². The van der Waals surface area contributed by atoms with E-state index in [-0.39, 0.29) is 12.1 Å². The number of nitrogens with zero attached hydrogens (tertiary/aromatic N) is 3. The molecule has 1 aliphatic heterocycles. The van der Waals surface area contributed by atoms with Crippen molar-refractivity contribution in [3.05, 3.63) is 52.6 Å². The highest BCUT2D eigenvalue weighted by molar-refractivity contribution is 7.22. The van der Waals surface area contributed by atoms with E-state index in [1.165, 1.54) is 22.2 Å². The lowest BCUT2D eigenvalue weighted by Crippen LogP contribution is -2.52. The summed E-state index contributed by atoms with van der Waals surface area (Å²) in [6, 6.07) is 9.10. The van der Waals surface area contributed by atoms with E-state index in [2.05, 4.69) is 22.7 Å². The maximum absolute atomic E-state index is 13.2. The fraction of sp³-hybridized carbons (Fsp3) is 0.375. The monoisotopic (exact) mass is 479 g/mol. The quantitative estimate of drug-likeness (QED) is 0.559. The van der Waals surface area contributed by atoms with Crippen molar-refractivity contribution >= 4 is 39.4 Å². The summed E-state index contributed by atoms with van der Waals surface area (Å²) in [5.74, 6) is -0.597. The predicted molar refractivity (Wildman–Crippen MR) is 128 cm³/mol. The van der Waals surface area contributed by atoms with Gasteiger partial charge in [-0.1, -0.05) is 37.3 Å². The number of benzene rings is 1. The molecule has 5 rings (SSSR count). The number of amides is 4. The van der Waals surface area contributed by atoms with Crippen molar-refractivity contribution in [1.82, 2.24) is 25.3 Å². The number of aromatic nitrogens is 2. The van der Waals surface area contributed by atoms with E-state index < -0.39 is 23.4 Å². The van der Waals surface area contributed by atoms with E-state index in [4.69, 9.17) is 0 Å². The van der Waals surface area contributed by atoms with Crippen molar-refractivity contribution in [2.45, 2.75) is 51.6 Å². The average molecular weight is 480 g/mol. The average Bonchev–Trinajstić information content (AvgIpc) is 3.28. The summed E-state index contributed by atoms with van der Waals surface area (Å²) >= 11 is 1.43. The van der Waals surface area contributed by atoms with Gasteiger partial charge in [0, 0.05) is 4.88 Å². The normalized spacial score (nSPS) is 22.4. The second-order valence-corrected chi connectivity index (χ2v) is 10.1. The first-order valence-corrected chi connectivity index (χ1v) is 12.1. The molecule has 0 unspecified atom stereocenters. The molecule has 176 valence electrons. The zero-order valence-corrected chi connectivity index (χ0v) is 19.8. The zero-order valence-electron chi connectivity index (χ0n) is 19.0. The summed E-state index contributed by atoms with van der Waals surface area (Å²) in [7, 11) is 0. The highest BCUT2D eigenvalue weighted by Crippen LogP contribution is 2.36. The molecule has 1 saturated carbocycles. The summed E-state index contributed by atoms with van der Waals surface area (Å²) < 4.78 is 1.20. The van der Waals surface area contributed by atoms with Gasteiger partial charge in [-0.2, -0.15) is 5.01 Å². The number of hydrazine groups is 1. The number of fused-ring (bicyclic) bond motifs is 1. The Kier molecular flexibility index (Phi) is 5.47. The van der Waals surface area contributed by atoms with Crippen LogP contribution >= 0.6 is 11.3 Å². The largest absolute Gasteiger partial charge is 0.344 e. The van der Waals surface area contributed by atoms with Gasteiger partial charge in [0.15, 0.2) is 0 Å². The Morgan fingerprint density at radius 2 is 1.91 bits per heavy atom. The number of thiophene rings is 1. The highest BCUT2D eigenvalue weighted by atomic mass is 32.1. The van der Waals surface area contributed by atoms with E-state index in [1.54, 1.807) is 0 Å². The van der Waals surface area contributed by atoms with Crippen LogP contribution in [0.3, 0.4) is 0 Å². The molecule has 1 aromatic carbocycles. The zero-order chi connectivity index (χ0) is 24.0. The van der Waals surface area contributed by atoms with Crippen LogP contribution in [0.1, 0.15) is 38.2 Å². The van der Waals surface area contributed by atoms with Crippen LogP contribution in [-0.2, 0) is 16.1 Å². The molecule has 10 heteroatoms. The van der Waals surface area contributed by atoms with E-state index in [9.17, 15) is 19.2 Å². The number of imide groups is 1. The van der Waals surface area contributed by atoms with Gasteiger partial charge in [-0.25, -0.2) is 9.78 Å². The molecule has 2 aliphatic rings. The number of carbonyl (C=O) groups is 3. The van der Waals surface area contributed by atoms with Crippen LogP contribution in [0.15, 0.2) is 41.5 Å². The predicted octanol–water partition coefficient (Wildman–Crippen LogP) is 2.97. The minimum Gasteiger partial charge on any atom is -0.322 e. The molecule has 0 atom stereocenters. The molecule has 3 heterocycles. The van der Waals surface area contributed by atoms with Gasteiger partial charge in [0.2, 0.25) is 0 Å². The molecule has 2 aromatic heterocycles. The van der Waals surface area contributed by atoms with Crippen LogP contribution in [0.5, 0.6) is 0 Å². The number of nitrogens with one attached hydrogen (secondary N) is 2. The maximum Gasteiger partial charge on any atom is 0.344 e. The summed E-state index contributed by atoms with van der Waals surface area (Å²) in [6.07, 6.45) is 4.09. The number of hydrogen-bond donors (Lipinski definition) is 2. The van der Waals surface area contributed by atoms with Crippen molar-refractivity contribution in [3.8, 4) is 10.4 Å². The Balaban J connectivity index is 1.35. The van der Waals surface area contributed by atoms with Crippen LogP contribution in [0, 0.1) is 12.8 Å². The minimum absolute atomic E-state index is 0.342. The number of hydrogen-bond acceptors (Lipinski definition) is 6. The van der Waals surface area contributed by atoms with E-state index in [1.807, 2.05) is 37.3 Å². The molecule has 0 radical (unpaired) electrons. The number of carbonyl (C=O) groups excluding carboxylic acids is 3. The molecule has 2 N–H and O–H groups in total. The second-order valence-electron chi connectivity index (χ2n) is 9.15. The lowest BCUT2D eigenvalue weighted by Gasteiger charge is -2.33. The number of rotatable bonds is 4. The minimum atomic E-state index is -0.949. The van der Waals surface area contributed by atoms with Gasteiger partial charge in [-0.3, -0.25) is 24.4 Å². The molecule has 3 aromatic rings. The lowest BCUT2D eigenvalue weighted by molar-refractivity contribution is -0.140. The Labute approximate surface area is 199 Å². The van der Waals surface area contributed by atoms with Crippen LogP contribution < -0.4 is 16.3 Å². The summed E-state index contributed by atoms with van der Waals surface area (Å²) in [5, 5.41) is 3.97. The summed E-state index contributed by atoms with van der Waals surface area (Å²) in [5.41, 5.74) is 2.89. The SMILES string of the molecule is Cc1c(-c2ccccc2)sc2ncn(CC(=O)NN3C(=O)NC4(CCC(C)CC4)C3=O)c(=O)c12. The summed E-state index contributed by atoms with van der Waals surface area (Å²) in [6.45, 7) is 3.62. The topological polar surface area (TPSA) is 113 Å². The van der Waals surface area contributed by atoms with Crippen molar-refractivity contribution in [2.75, 3.05) is 0 Å². The van der Waals surface area contributed by atoms with Gasteiger partial charge in [0.1, 0.15) is 16.9 Å². The van der Waals surface area contributed by atoms with Gasteiger partial charge in [-0.15, -0.1) is 11.3 Å². The maximum atomic E-state index is 13.2. The Bertz CT molecular complexity index is 1350. The fourth-order valence-corrected chi connectivity index (χ4v) is 5.91. The third kappa shape index (κ3) is 3.67. The molecule has 1 aliphatic carbocycles. The van der Waals surface area contributed by atoms with Gasteiger partial charge >= 0.3 is 6.03 Å². The van der Waals surface area contributed by atoms with Crippen LogP contribution in [-0.4, -0.2) is 37.9 Å². The van der Waals surface area contributed by atoms with Gasteiger partial charge in [-0.05, 0) is 49.7 Å². The molecular weight excluding hydrogens is 454 g/mol. The van der Waals surface area contributed by atoms with Crippen molar-refractivity contribution < 1.29 is 14.4 Å². The van der Waals surface area contributed by atoms with E-state index in [0.717, 1.165) is 33.9 Å². The molecule has 1 saturated heterocycles. The molecular formula is C24H25N5O4S. The highest BCUT2D eigenvalue weighted by Gasteiger charge is 2.52. The second kappa shape index (κ2) is 8.35. The number of aryl methyl sites for hydroxylation is 1. The molecule has 34 heavy (non-hydrogen) atoms. The van der Waals surface area contributed by atoms with Gasteiger partial charge in [0.25, 0.3) is 17.4 Å². The van der Waals surface area contributed by atoms with Crippen molar-refractivity contribution in [1.29, 1.82) is 0 Å². The summed E-state index contributed by atoms with van der Waals surface area (Å²) in [4.78, 5) is 57.2. The van der Waals surface area contributed by atoms with Crippen molar-refractivity contribution in [3.63, 3.8) is 0 Å². The molecule has 4 amide bonds. The van der Waals surface area contributed by atoms with Crippen LogP contribution in [0.25, 0.3) is 20.7 Å². The third-order valence-corrected chi connectivity index (χ3v) is 8.04. The molecule has 0 bridgehead atoms.